The molecule has 2 aliphatic rings. The highest BCUT2D eigenvalue weighted by molar-refractivity contribution is 7.26. The van der Waals surface area contributed by atoms with E-state index in [-0.39, 0.29) is 0 Å². The summed E-state index contributed by atoms with van der Waals surface area (Å²) >= 11 is 1.69. The lowest BCUT2D eigenvalue weighted by atomic mass is 9.90. The molecule has 0 radical (unpaired) electrons. The number of aryl methyl sites for hydroxylation is 1. The van der Waals surface area contributed by atoms with Crippen LogP contribution in [0, 0.1) is 0 Å². The largest absolute Gasteiger partial charge is 0.378 e. The number of hydrogen-bond acceptors (Lipinski definition) is 9. The number of aromatic nitrogens is 4. The van der Waals surface area contributed by atoms with Crippen LogP contribution in [0.25, 0.3) is 20.4 Å². The first-order valence-electron chi connectivity index (χ1n) is 10.4. The van der Waals surface area contributed by atoms with Gasteiger partial charge in [0.05, 0.1) is 13.2 Å². The summed E-state index contributed by atoms with van der Waals surface area (Å²) in [7, 11) is 4.14. The summed E-state index contributed by atoms with van der Waals surface area (Å²) in [5, 5.41) is 17.4. The molecule has 154 valence electrons. The molecule has 1 fully saturated rings. The maximum absolute atomic E-state index is 5.57. The third kappa shape index (κ3) is 3.51. The number of hydrogen-bond donors (Lipinski definition) is 1. The molecule has 0 aromatic carbocycles. The van der Waals surface area contributed by atoms with Gasteiger partial charge in [-0.05, 0) is 56.1 Å². The number of fused-ring (bicyclic) bond motifs is 5. The summed E-state index contributed by atoms with van der Waals surface area (Å²) in [4.78, 5) is 10.8. The van der Waals surface area contributed by atoms with Crippen LogP contribution in [0.2, 0.25) is 0 Å². The van der Waals surface area contributed by atoms with E-state index in [1.807, 2.05) is 0 Å². The van der Waals surface area contributed by atoms with Crippen molar-refractivity contribution in [3.8, 4) is 0 Å². The summed E-state index contributed by atoms with van der Waals surface area (Å²) in [5.74, 6) is 1.97. The average Bonchev–Trinajstić information content (AvgIpc) is 3.13. The van der Waals surface area contributed by atoms with E-state index in [9.17, 15) is 0 Å². The van der Waals surface area contributed by atoms with Gasteiger partial charge < -0.3 is 19.9 Å². The second-order valence-corrected chi connectivity index (χ2v) is 9.03. The van der Waals surface area contributed by atoms with Crippen molar-refractivity contribution in [1.82, 2.24) is 25.3 Å². The number of nitrogens with one attached hydrogen (secondary N) is 1. The molecule has 0 unspecified atom stereocenters. The highest BCUT2D eigenvalue weighted by Crippen LogP contribution is 2.42. The minimum absolute atomic E-state index is 0.774. The molecular weight excluding hydrogens is 386 g/mol. The average molecular weight is 414 g/mol. The molecule has 1 aliphatic carbocycles. The van der Waals surface area contributed by atoms with E-state index in [4.69, 9.17) is 9.72 Å². The normalized spacial score (nSPS) is 17.3. The van der Waals surface area contributed by atoms with Crippen molar-refractivity contribution in [1.29, 1.82) is 0 Å². The summed E-state index contributed by atoms with van der Waals surface area (Å²) in [6.07, 6.45) is 4.63. The summed E-state index contributed by atoms with van der Waals surface area (Å²) in [6, 6.07) is 0. The molecule has 0 amide bonds. The van der Waals surface area contributed by atoms with Crippen molar-refractivity contribution in [2.24, 2.45) is 0 Å². The Hall–Kier alpha value is -2.10. The maximum atomic E-state index is 5.57. The SMILES string of the molecule is CN(C)CCNc1nnnc2c1sc1nc(N3CCOCC3)c3c(c12)CCCC3. The van der Waals surface area contributed by atoms with Crippen LogP contribution >= 0.6 is 11.3 Å². The highest BCUT2D eigenvalue weighted by Gasteiger charge is 2.26. The standard InChI is InChI=1S/C20H27N7OS/c1-26(2)8-7-21-18-17-16(23-25-24-18)15-13-5-3-4-6-14(13)19(22-20(15)29-17)27-9-11-28-12-10-27/h3-12H2,1-2H3,(H,21,23,24). The molecule has 0 spiro atoms. The van der Waals surface area contributed by atoms with E-state index in [1.54, 1.807) is 11.3 Å². The molecule has 3 aromatic rings. The van der Waals surface area contributed by atoms with Crippen LogP contribution in [0.3, 0.4) is 0 Å². The van der Waals surface area contributed by atoms with Gasteiger partial charge in [-0.25, -0.2) is 4.98 Å². The third-order valence-corrected chi connectivity index (χ3v) is 6.86. The van der Waals surface area contributed by atoms with Crippen molar-refractivity contribution in [3.63, 3.8) is 0 Å². The molecule has 1 N–H and O–H groups in total. The predicted octanol–water partition coefficient (Wildman–Crippen LogP) is 2.32. The number of rotatable bonds is 5. The van der Waals surface area contributed by atoms with E-state index < -0.39 is 0 Å². The molecule has 29 heavy (non-hydrogen) atoms. The molecule has 0 saturated carbocycles. The number of pyridine rings is 1. The number of morpholine rings is 1. The number of nitrogens with zero attached hydrogens (tertiary/aromatic N) is 6. The number of anilines is 2. The summed E-state index contributed by atoms with van der Waals surface area (Å²) < 4.78 is 6.63. The van der Waals surface area contributed by atoms with Gasteiger partial charge in [-0.2, -0.15) is 0 Å². The molecule has 0 atom stereocenters. The van der Waals surface area contributed by atoms with Crippen LogP contribution in [0.1, 0.15) is 24.0 Å². The van der Waals surface area contributed by atoms with Gasteiger partial charge in [0.15, 0.2) is 5.82 Å². The monoisotopic (exact) mass is 413 g/mol. The fourth-order valence-corrected chi connectivity index (χ4v) is 5.41. The smallest absolute Gasteiger partial charge is 0.170 e. The minimum atomic E-state index is 0.774. The molecule has 4 heterocycles. The first-order chi connectivity index (χ1) is 14.2. The van der Waals surface area contributed by atoms with Gasteiger partial charge in [0.25, 0.3) is 0 Å². The lowest BCUT2D eigenvalue weighted by Gasteiger charge is -2.31. The lowest BCUT2D eigenvalue weighted by Crippen LogP contribution is -2.37. The van der Waals surface area contributed by atoms with E-state index >= 15 is 0 Å². The van der Waals surface area contributed by atoms with Gasteiger partial charge in [0.1, 0.15) is 20.9 Å². The lowest BCUT2D eigenvalue weighted by molar-refractivity contribution is 0.122. The van der Waals surface area contributed by atoms with E-state index in [0.717, 1.165) is 78.9 Å². The zero-order chi connectivity index (χ0) is 19.8. The van der Waals surface area contributed by atoms with Crippen LogP contribution in [-0.4, -0.2) is 78.8 Å². The Morgan fingerprint density at radius 1 is 1.10 bits per heavy atom. The zero-order valence-corrected chi connectivity index (χ0v) is 17.9. The summed E-state index contributed by atoms with van der Waals surface area (Å²) in [5.41, 5.74) is 3.78. The van der Waals surface area contributed by atoms with Crippen molar-refractivity contribution in [2.45, 2.75) is 25.7 Å². The third-order valence-electron chi connectivity index (χ3n) is 5.78. The van der Waals surface area contributed by atoms with Gasteiger partial charge in [-0.15, -0.1) is 21.5 Å². The van der Waals surface area contributed by atoms with Gasteiger partial charge in [0.2, 0.25) is 0 Å². The highest BCUT2D eigenvalue weighted by atomic mass is 32.1. The van der Waals surface area contributed by atoms with Crippen LogP contribution in [0.4, 0.5) is 11.6 Å². The summed E-state index contributed by atoms with van der Waals surface area (Å²) in [6.45, 7) is 5.13. The van der Waals surface area contributed by atoms with Gasteiger partial charge >= 0.3 is 0 Å². The van der Waals surface area contributed by atoms with E-state index in [1.165, 1.54) is 29.4 Å². The first-order valence-corrected chi connectivity index (χ1v) is 11.2. The van der Waals surface area contributed by atoms with Gasteiger partial charge in [0, 0.05) is 31.6 Å². The Morgan fingerprint density at radius 2 is 1.90 bits per heavy atom. The van der Waals surface area contributed by atoms with Crippen molar-refractivity contribution < 1.29 is 4.74 Å². The molecule has 5 rings (SSSR count). The van der Waals surface area contributed by atoms with Gasteiger partial charge in [-0.3, -0.25) is 0 Å². The molecule has 8 nitrogen and oxygen atoms in total. The topological polar surface area (TPSA) is 79.3 Å². The second-order valence-electron chi connectivity index (χ2n) is 8.03. The van der Waals surface area contributed by atoms with Crippen LogP contribution in [0.5, 0.6) is 0 Å². The van der Waals surface area contributed by atoms with E-state index in [2.05, 4.69) is 44.6 Å². The number of thiophene rings is 1. The minimum Gasteiger partial charge on any atom is -0.378 e. The predicted molar refractivity (Wildman–Crippen MR) is 117 cm³/mol. The maximum Gasteiger partial charge on any atom is 0.170 e. The molecule has 9 heteroatoms. The Balaban J connectivity index is 1.64. The van der Waals surface area contributed by atoms with Crippen molar-refractivity contribution in [3.05, 3.63) is 11.1 Å². The molecule has 1 saturated heterocycles. The van der Waals surface area contributed by atoms with Gasteiger partial charge in [-0.1, -0.05) is 0 Å². The van der Waals surface area contributed by atoms with E-state index in [0.29, 0.717) is 0 Å². The van der Waals surface area contributed by atoms with Crippen molar-refractivity contribution in [2.75, 3.05) is 63.7 Å². The number of ether oxygens (including phenoxy) is 1. The van der Waals surface area contributed by atoms with Crippen molar-refractivity contribution >= 4 is 43.4 Å². The molecule has 1 aliphatic heterocycles. The Labute approximate surface area is 174 Å². The van der Waals surface area contributed by atoms with Crippen LogP contribution < -0.4 is 10.2 Å². The molecular formula is C20H27N7OS. The Kier molecular flexibility index (Phi) is 5.19. The Bertz CT molecular complexity index is 1030. The van der Waals surface area contributed by atoms with Crippen LogP contribution in [0.15, 0.2) is 0 Å². The fraction of sp³-hybridized carbons (Fsp3) is 0.600. The molecule has 0 bridgehead atoms. The fourth-order valence-electron chi connectivity index (χ4n) is 4.32. The second kappa shape index (κ2) is 7.97. The first kappa shape index (κ1) is 18.9. The molecule has 3 aromatic heterocycles. The zero-order valence-electron chi connectivity index (χ0n) is 17.1. The Morgan fingerprint density at radius 3 is 2.69 bits per heavy atom. The van der Waals surface area contributed by atoms with Crippen LogP contribution in [-0.2, 0) is 17.6 Å². The quantitative estimate of drug-likeness (QED) is 0.683. The number of likely N-dealkylation sites (N-methyl/N-ethyl adjacent to an activating group) is 1.